The molecule has 3 aromatic heterocycles. The summed E-state index contributed by atoms with van der Waals surface area (Å²) in [4.78, 5) is 28.2. The van der Waals surface area contributed by atoms with Crippen LogP contribution in [0.1, 0.15) is 24.0 Å². The van der Waals surface area contributed by atoms with Crippen molar-refractivity contribution in [2.24, 2.45) is 0 Å². The summed E-state index contributed by atoms with van der Waals surface area (Å²) in [5, 5.41) is 16.1. The Balaban J connectivity index is 1.34. The number of anilines is 2. The molecule has 10 heteroatoms. The molecule has 4 heterocycles. The zero-order chi connectivity index (χ0) is 23.1. The highest BCUT2D eigenvalue weighted by molar-refractivity contribution is 6.14. The van der Waals surface area contributed by atoms with Gasteiger partial charge < -0.3 is 20.5 Å². The summed E-state index contributed by atoms with van der Waals surface area (Å²) in [6.07, 6.45) is 9.48. The summed E-state index contributed by atoms with van der Waals surface area (Å²) < 4.78 is 3.80. The van der Waals surface area contributed by atoms with Gasteiger partial charge in [-0.15, -0.1) is 0 Å². The first-order chi connectivity index (χ1) is 16.6. The third-order valence-electron chi connectivity index (χ3n) is 5.78. The number of nitrogens with one attached hydrogen (secondary N) is 4. The number of rotatable bonds is 7. The number of fused-ring (bicyclic) bond motifs is 1. The number of aromatic nitrogens is 4. The Bertz CT molecular complexity index is 1430. The smallest absolute Gasteiger partial charge is 0.326 e. The number of imide groups is 1. The van der Waals surface area contributed by atoms with Crippen molar-refractivity contribution in [1.29, 1.82) is 0 Å². The van der Waals surface area contributed by atoms with Crippen LogP contribution >= 0.6 is 0 Å². The molecule has 170 valence electrons. The van der Waals surface area contributed by atoms with E-state index in [4.69, 9.17) is 4.98 Å². The van der Waals surface area contributed by atoms with Crippen LogP contribution in [0.4, 0.5) is 16.4 Å². The lowest BCUT2D eigenvalue weighted by Crippen LogP contribution is -2.22. The van der Waals surface area contributed by atoms with Gasteiger partial charge in [0.25, 0.3) is 5.91 Å². The maximum absolute atomic E-state index is 12.0. The third-order valence-corrected chi connectivity index (χ3v) is 5.78. The van der Waals surface area contributed by atoms with E-state index in [1.807, 2.05) is 42.7 Å². The predicted octanol–water partition coefficient (Wildman–Crippen LogP) is 2.89. The van der Waals surface area contributed by atoms with Gasteiger partial charge in [0, 0.05) is 42.3 Å². The first-order valence-corrected chi connectivity index (χ1v) is 11.1. The molecule has 4 aromatic rings. The number of nitrogens with zero attached hydrogens (tertiary/aromatic N) is 4. The highest BCUT2D eigenvalue weighted by Crippen LogP contribution is 2.28. The van der Waals surface area contributed by atoms with Gasteiger partial charge in [-0.2, -0.15) is 9.61 Å². The zero-order valence-electron chi connectivity index (χ0n) is 18.2. The summed E-state index contributed by atoms with van der Waals surface area (Å²) in [6.45, 7) is 0.573. The molecule has 10 nitrogen and oxygen atoms in total. The average Bonchev–Trinajstić information content (AvgIpc) is 3.20. The first-order valence-electron chi connectivity index (χ1n) is 11.1. The lowest BCUT2D eigenvalue weighted by molar-refractivity contribution is -0.115. The van der Waals surface area contributed by atoms with Crippen LogP contribution in [0.15, 0.2) is 66.8 Å². The molecule has 1 saturated heterocycles. The van der Waals surface area contributed by atoms with E-state index >= 15 is 0 Å². The lowest BCUT2D eigenvalue weighted by Gasteiger charge is -2.14. The van der Waals surface area contributed by atoms with E-state index in [0.29, 0.717) is 29.6 Å². The van der Waals surface area contributed by atoms with Gasteiger partial charge in [0.05, 0.1) is 6.20 Å². The summed E-state index contributed by atoms with van der Waals surface area (Å²) in [5.41, 5.74) is 3.58. The Morgan fingerprint density at radius 3 is 2.68 bits per heavy atom. The standard InChI is InChI=1S/C24H22N8O2/c33-23-18(28-24(34)30-23)11-16-14-26-32-21(27-17-7-8-17)12-20(29-22(16)32)25-13-15-5-1-2-6-19(15)31-9-3-4-10-31/h1-6,9-12,14,17,27H,7-8,13H2,(H,25,29)(H2,28,30,33,34)/b18-11-. The fourth-order valence-electron chi connectivity index (χ4n) is 3.94. The van der Waals surface area contributed by atoms with Gasteiger partial charge in [-0.05, 0) is 42.7 Å². The van der Waals surface area contributed by atoms with E-state index in [2.05, 4.69) is 43.1 Å². The Kier molecular flexibility index (Phi) is 4.76. The van der Waals surface area contributed by atoms with Gasteiger partial charge in [-0.3, -0.25) is 10.1 Å². The zero-order valence-corrected chi connectivity index (χ0v) is 18.2. The van der Waals surface area contributed by atoms with Crippen molar-refractivity contribution in [3.8, 4) is 5.69 Å². The average molecular weight is 454 g/mol. The summed E-state index contributed by atoms with van der Waals surface area (Å²) >= 11 is 0. The van der Waals surface area contributed by atoms with Crippen LogP contribution in [-0.2, 0) is 11.3 Å². The third kappa shape index (κ3) is 3.85. The van der Waals surface area contributed by atoms with Gasteiger partial charge >= 0.3 is 6.03 Å². The summed E-state index contributed by atoms with van der Waals surface area (Å²) in [5.74, 6) is 1.02. The predicted molar refractivity (Wildman–Crippen MR) is 127 cm³/mol. The van der Waals surface area contributed by atoms with E-state index in [1.165, 1.54) is 0 Å². The van der Waals surface area contributed by atoms with Gasteiger partial charge in [-0.25, -0.2) is 9.78 Å². The first kappa shape index (κ1) is 20.0. The molecule has 0 unspecified atom stereocenters. The number of hydrogen-bond acceptors (Lipinski definition) is 6. The molecular weight excluding hydrogens is 432 g/mol. The minimum Gasteiger partial charge on any atom is -0.367 e. The number of carbonyl (C=O) groups excluding carboxylic acids is 2. The van der Waals surface area contributed by atoms with E-state index in [-0.39, 0.29) is 5.70 Å². The van der Waals surface area contributed by atoms with Crippen molar-refractivity contribution in [3.63, 3.8) is 0 Å². The fraction of sp³-hybridized carbons (Fsp3) is 0.167. The number of benzene rings is 1. The number of amides is 3. The van der Waals surface area contributed by atoms with Crippen LogP contribution in [0.5, 0.6) is 0 Å². The van der Waals surface area contributed by atoms with Crippen molar-refractivity contribution < 1.29 is 9.59 Å². The van der Waals surface area contributed by atoms with Gasteiger partial charge in [0.2, 0.25) is 0 Å². The molecule has 1 saturated carbocycles. The minimum atomic E-state index is -0.541. The van der Waals surface area contributed by atoms with Crippen molar-refractivity contribution in [3.05, 3.63) is 77.9 Å². The Labute approximate surface area is 194 Å². The quantitative estimate of drug-likeness (QED) is 0.252. The largest absolute Gasteiger partial charge is 0.367 e. The molecule has 0 atom stereocenters. The Morgan fingerprint density at radius 2 is 1.91 bits per heavy atom. The molecule has 0 bridgehead atoms. The molecule has 1 aliphatic heterocycles. The highest BCUT2D eigenvalue weighted by atomic mass is 16.2. The second-order valence-corrected chi connectivity index (χ2v) is 8.32. The SMILES string of the molecule is O=C1NC(=O)/C(=C/c2cnn3c(NC4CC4)cc(NCc4ccccc4-n4cccc4)nc23)N1. The molecule has 4 N–H and O–H groups in total. The van der Waals surface area contributed by atoms with Gasteiger partial charge in [0.15, 0.2) is 5.65 Å². The number of carbonyl (C=O) groups is 2. The molecule has 1 aromatic carbocycles. The fourth-order valence-corrected chi connectivity index (χ4v) is 3.94. The topological polar surface area (TPSA) is 117 Å². The molecule has 0 spiro atoms. The van der Waals surface area contributed by atoms with Crippen molar-refractivity contribution in [2.45, 2.75) is 25.4 Å². The van der Waals surface area contributed by atoms with Gasteiger partial charge in [0.1, 0.15) is 17.3 Å². The summed E-state index contributed by atoms with van der Waals surface area (Å²) in [6, 6.07) is 14.0. The van der Waals surface area contributed by atoms with Crippen LogP contribution in [0.3, 0.4) is 0 Å². The van der Waals surface area contributed by atoms with Gasteiger partial charge in [-0.1, -0.05) is 18.2 Å². The minimum absolute atomic E-state index is 0.164. The molecule has 2 aliphatic rings. The van der Waals surface area contributed by atoms with Crippen LogP contribution < -0.4 is 21.3 Å². The van der Waals surface area contributed by atoms with Crippen LogP contribution in [-0.4, -0.2) is 37.1 Å². The Morgan fingerprint density at radius 1 is 1.09 bits per heavy atom. The molecule has 6 rings (SSSR count). The van der Waals surface area contributed by atoms with E-state index in [1.54, 1.807) is 16.8 Å². The lowest BCUT2D eigenvalue weighted by atomic mass is 10.1. The van der Waals surface area contributed by atoms with Crippen LogP contribution in [0.25, 0.3) is 17.4 Å². The molecule has 1 aliphatic carbocycles. The molecule has 2 fully saturated rings. The molecule has 34 heavy (non-hydrogen) atoms. The summed E-state index contributed by atoms with van der Waals surface area (Å²) in [7, 11) is 0. The van der Waals surface area contributed by atoms with E-state index in [9.17, 15) is 9.59 Å². The van der Waals surface area contributed by atoms with Crippen LogP contribution in [0.2, 0.25) is 0 Å². The van der Waals surface area contributed by atoms with E-state index in [0.717, 1.165) is 29.9 Å². The second-order valence-electron chi connectivity index (χ2n) is 8.32. The number of urea groups is 1. The van der Waals surface area contributed by atoms with Crippen LogP contribution in [0, 0.1) is 0 Å². The van der Waals surface area contributed by atoms with Crippen molar-refractivity contribution in [2.75, 3.05) is 10.6 Å². The van der Waals surface area contributed by atoms with Crippen molar-refractivity contribution in [1.82, 2.24) is 29.8 Å². The second kappa shape index (κ2) is 8.07. The number of para-hydroxylation sites is 1. The number of hydrogen-bond donors (Lipinski definition) is 4. The maximum Gasteiger partial charge on any atom is 0.326 e. The van der Waals surface area contributed by atoms with E-state index < -0.39 is 11.9 Å². The molecule has 0 radical (unpaired) electrons. The highest BCUT2D eigenvalue weighted by Gasteiger charge is 2.25. The Hall–Kier alpha value is -4.60. The molecular formula is C24H22N8O2. The maximum atomic E-state index is 12.0. The van der Waals surface area contributed by atoms with Crippen molar-refractivity contribution >= 4 is 35.3 Å². The normalized spacial score (nSPS) is 16.6. The monoisotopic (exact) mass is 454 g/mol. The molecule has 3 amide bonds.